The lowest BCUT2D eigenvalue weighted by molar-refractivity contribution is -0.148. The van der Waals surface area contributed by atoms with Crippen LogP contribution >= 0.6 is 0 Å². The van der Waals surface area contributed by atoms with E-state index in [1.807, 2.05) is 6.92 Å². The summed E-state index contributed by atoms with van der Waals surface area (Å²) in [6, 6.07) is 8.42. The fourth-order valence-electron chi connectivity index (χ4n) is 2.51. The van der Waals surface area contributed by atoms with Gasteiger partial charge in [0, 0.05) is 0 Å². The van der Waals surface area contributed by atoms with Crippen LogP contribution in [0.25, 0.3) is 0 Å². The van der Waals surface area contributed by atoms with Crippen LogP contribution in [0, 0.1) is 24.2 Å². The predicted octanol–water partition coefficient (Wildman–Crippen LogP) is 1.51. The molecule has 1 saturated carbocycles. The van der Waals surface area contributed by atoms with Gasteiger partial charge in [0.15, 0.2) is 16.4 Å². The highest BCUT2D eigenvalue weighted by Gasteiger charge is 2.43. The van der Waals surface area contributed by atoms with Crippen LogP contribution in [0.3, 0.4) is 0 Å². The Hall–Kier alpha value is -2.40. The van der Waals surface area contributed by atoms with Crippen molar-refractivity contribution >= 4 is 21.7 Å². The van der Waals surface area contributed by atoms with Crippen LogP contribution in [-0.4, -0.2) is 38.2 Å². The minimum atomic E-state index is -3.59. The Kier molecular flexibility index (Phi) is 6.03. The highest BCUT2D eigenvalue weighted by atomic mass is 32.2. The molecule has 140 valence electrons. The first-order valence-corrected chi connectivity index (χ1v) is 9.99. The van der Waals surface area contributed by atoms with Crippen LogP contribution in [0.1, 0.15) is 31.7 Å². The molecule has 1 aromatic carbocycles. The number of aryl methyl sites for hydroxylation is 1. The summed E-state index contributed by atoms with van der Waals surface area (Å²) < 4.78 is 29.2. The van der Waals surface area contributed by atoms with Gasteiger partial charge in [-0.1, -0.05) is 17.7 Å². The molecular formula is C18H22N2O5S. The number of carbonyl (C=O) groups excluding carboxylic acids is 2. The second-order valence-electron chi connectivity index (χ2n) is 6.68. The Bertz CT molecular complexity index is 822. The molecule has 1 amide bonds. The molecule has 7 nitrogen and oxygen atoms in total. The number of esters is 1. The molecule has 0 aromatic heterocycles. The molecule has 0 bridgehead atoms. The molecule has 0 aliphatic heterocycles. The van der Waals surface area contributed by atoms with E-state index in [0.29, 0.717) is 0 Å². The number of nitrogens with one attached hydrogen (secondary N) is 1. The summed E-state index contributed by atoms with van der Waals surface area (Å²) >= 11 is 0. The van der Waals surface area contributed by atoms with Gasteiger partial charge in [0.25, 0.3) is 5.91 Å². The lowest BCUT2D eigenvalue weighted by atomic mass is 9.98. The average molecular weight is 378 g/mol. The standard InChI is InChI=1S/C18H22N2O5S/c1-13-3-7-15(8-4-13)26(23,24)10-9-17(22)25-11-16(21)20-18(2,12-19)14-5-6-14/h3-4,7-8,14H,5-6,9-11H2,1-2H3,(H,20,21)/t18-/m0/s1. The molecule has 1 aromatic rings. The fraction of sp³-hybridized carbons (Fsp3) is 0.500. The number of rotatable bonds is 8. The highest BCUT2D eigenvalue weighted by Crippen LogP contribution is 2.39. The number of amides is 1. The maximum absolute atomic E-state index is 12.2. The molecule has 8 heteroatoms. The van der Waals surface area contributed by atoms with Crippen LogP contribution in [0.4, 0.5) is 0 Å². The Morgan fingerprint density at radius 1 is 1.31 bits per heavy atom. The van der Waals surface area contributed by atoms with E-state index in [-0.39, 0.29) is 17.2 Å². The van der Waals surface area contributed by atoms with Crippen molar-refractivity contribution in [2.75, 3.05) is 12.4 Å². The number of nitrogens with zero attached hydrogens (tertiary/aromatic N) is 1. The van der Waals surface area contributed by atoms with Crippen LogP contribution in [0.15, 0.2) is 29.2 Å². The summed E-state index contributed by atoms with van der Waals surface area (Å²) in [5.74, 6) is -1.63. The van der Waals surface area contributed by atoms with Crippen LogP contribution in [0.5, 0.6) is 0 Å². The molecular weight excluding hydrogens is 356 g/mol. The molecule has 2 rings (SSSR count). The van der Waals surface area contributed by atoms with Gasteiger partial charge >= 0.3 is 5.97 Å². The van der Waals surface area contributed by atoms with Crippen molar-refractivity contribution < 1.29 is 22.7 Å². The summed E-state index contributed by atoms with van der Waals surface area (Å²) in [6.45, 7) is 2.95. The third-order valence-electron chi connectivity index (χ3n) is 4.34. The molecule has 1 N–H and O–H groups in total. The molecule has 0 unspecified atom stereocenters. The lowest BCUT2D eigenvalue weighted by Crippen LogP contribution is -2.48. The minimum absolute atomic E-state index is 0.117. The zero-order valence-electron chi connectivity index (χ0n) is 14.8. The van der Waals surface area contributed by atoms with Crippen LogP contribution in [0.2, 0.25) is 0 Å². The summed E-state index contributed by atoms with van der Waals surface area (Å²) in [5, 5.41) is 11.8. The van der Waals surface area contributed by atoms with Crippen molar-refractivity contribution in [1.82, 2.24) is 5.32 Å². The van der Waals surface area contributed by atoms with Gasteiger partial charge in [-0.25, -0.2) is 8.42 Å². The minimum Gasteiger partial charge on any atom is -0.456 e. The summed E-state index contributed by atoms with van der Waals surface area (Å²) in [4.78, 5) is 23.7. The molecule has 1 aliphatic rings. The van der Waals surface area contributed by atoms with E-state index in [2.05, 4.69) is 11.4 Å². The van der Waals surface area contributed by atoms with E-state index in [9.17, 15) is 23.3 Å². The number of hydrogen-bond donors (Lipinski definition) is 1. The van der Waals surface area contributed by atoms with Crippen molar-refractivity contribution in [2.45, 2.75) is 43.5 Å². The van der Waals surface area contributed by atoms with Gasteiger partial charge in [-0.3, -0.25) is 9.59 Å². The van der Waals surface area contributed by atoms with Gasteiger partial charge in [0.05, 0.1) is 23.1 Å². The maximum Gasteiger partial charge on any atom is 0.307 e. The van der Waals surface area contributed by atoms with Gasteiger partial charge in [0.2, 0.25) is 0 Å². The normalized spacial score (nSPS) is 16.2. The van der Waals surface area contributed by atoms with Crippen LogP contribution in [-0.2, 0) is 24.2 Å². The van der Waals surface area contributed by atoms with Gasteiger partial charge in [-0.2, -0.15) is 5.26 Å². The Morgan fingerprint density at radius 2 is 1.92 bits per heavy atom. The van der Waals surface area contributed by atoms with Crippen molar-refractivity contribution in [3.8, 4) is 6.07 Å². The van der Waals surface area contributed by atoms with Crippen LogP contribution < -0.4 is 5.32 Å². The smallest absolute Gasteiger partial charge is 0.307 e. The van der Waals surface area contributed by atoms with Crippen molar-refractivity contribution in [3.63, 3.8) is 0 Å². The average Bonchev–Trinajstić information content (AvgIpc) is 3.44. The topological polar surface area (TPSA) is 113 Å². The largest absolute Gasteiger partial charge is 0.456 e. The molecule has 1 fully saturated rings. The fourth-order valence-corrected chi connectivity index (χ4v) is 3.73. The van der Waals surface area contributed by atoms with Gasteiger partial charge in [0.1, 0.15) is 5.54 Å². The molecule has 0 spiro atoms. The van der Waals surface area contributed by atoms with E-state index in [1.165, 1.54) is 12.1 Å². The van der Waals surface area contributed by atoms with Crippen molar-refractivity contribution in [1.29, 1.82) is 5.26 Å². The number of nitriles is 1. The van der Waals surface area contributed by atoms with Crippen molar-refractivity contribution in [2.24, 2.45) is 5.92 Å². The third-order valence-corrected chi connectivity index (χ3v) is 6.08. The van der Waals surface area contributed by atoms with E-state index < -0.39 is 39.6 Å². The number of benzene rings is 1. The SMILES string of the molecule is Cc1ccc(S(=O)(=O)CCC(=O)OCC(=O)N[C@@](C)(C#N)C2CC2)cc1. The zero-order chi connectivity index (χ0) is 19.4. The number of ether oxygens (including phenoxy) is 1. The highest BCUT2D eigenvalue weighted by molar-refractivity contribution is 7.91. The number of carbonyl (C=O) groups is 2. The summed E-state index contributed by atoms with van der Waals surface area (Å²) in [6.07, 6.45) is 1.41. The monoisotopic (exact) mass is 378 g/mol. The van der Waals surface area contributed by atoms with Gasteiger partial charge < -0.3 is 10.1 Å². The first kappa shape index (κ1) is 19.9. The second kappa shape index (κ2) is 7.87. The van der Waals surface area contributed by atoms with Crippen molar-refractivity contribution in [3.05, 3.63) is 29.8 Å². The maximum atomic E-state index is 12.2. The summed E-state index contributed by atoms with van der Waals surface area (Å²) in [5.41, 5.74) is -0.0249. The third kappa shape index (κ3) is 5.30. The van der Waals surface area contributed by atoms with E-state index in [1.54, 1.807) is 19.1 Å². The van der Waals surface area contributed by atoms with E-state index in [0.717, 1.165) is 18.4 Å². The quantitative estimate of drug-likeness (QED) is 0.686. The number of hydrogen-bond acceptors (Lipinski definition) is 6. The summed E-state index contributed by atoms with van der Waals surface area (Å²) in [7, 11) is -3.59. The Labute approximate surface area is 153 Å². The lowest BCUT2D eigenvalue weighted by Gasteiger charge is -2.22. The predicted molar refractivity (Wildman–Crippen MR) is 93.7 cm³/mol. The second-order valence-corrected chi connectivity index (χ2v) is 8.79. The Balaban J connectivity index is 1.79. The number of sulfone groups is 1. The first-order valence-electron chi connectivity index (χ1n) is 8.33. The molecule has 26 heavy (non-hydrogen) atoms. The van der Waals surface area contributed by atoms with E-state index in [4.69, 9.17) is 4.74 Å². The van der Waals surface area contributed by atoms with E-state index >= 15 is 0 Å². The zero-order valence-corrected chi connectivity index (χ0v) is 15.6. The first-order chi connectivity index (χ1) is 12.2. The molecule has 0 radical (unpaired) electrons. The molecule has 0 saturated heterocycles. The molecule has 0 heterocycles. The van der Waals surface area contributed by atoms with Gasteiger partial charge in [-0.15, -0.1) is 0 Å². The molecule has 1 atom stereocenters. The Morgan fingerprint density at radius 3 is 2.46 bits per heavy atom. The molecule has 1 aliphatic carbocycles. The van der Waals surface area contributed by atoms with Gasteiger partial charge in [-0.05, 0) is 44.7 Å².